The average molecular weight is 324 g/mol. The van der Waals surface area contributed by atoms with Gasteiger partial charge in [0.05, 0.1) is 15.5 Å². The molecule has 0 amide bonds. The van der Waals surface area contributed by atoms with Gasteiger partial charge in [-0.3, -0.25) is 0 Å². The van der Waals surface area contributed by atoms with E-state index in [1.165, 1.54) is 0 Å². The second-order valence-electron chi connectivity index (χ2n) is 4.44. The minimum atomic E-state index is -3.97. The summed E-state index contributed by atoms with van der Waals surface area (Å²) in [5, 5.41) is 8.26. The lowest BCUT2D eigenvalue weighted by molar-refractivity contribution is 0.0696. The predicted molar refractivity (Wildman–Crippen MR) is 73.0 cm³/mol. The normalized spacial score (nSPS) is 13.2. The molecule has 2 N–H and O–H groups in total. The van der Waals surface area contributed by atoms with E-state index in [0.717, 1.165) is 12.5 Å². The summed E-state index contributed by atoms with van der Waals surface area (Å²) in [6.45, 7) is 3.95. The van der Waals surface area contributed by atoms with Crippen molar-refractivity contribution in [2.24, 2.45) is 5.92 Å². The number of aromatic carboxylic acids is 1. The fourth-order valence-corrected chi connectivity index (χ4v) is 2.75. The zero-order valence-corrected chi connectivity index (χ0v) is 12.6. The Morgan fingerprint density at radius 3 is 2.60 bits per heavy atom. The minimum Gasteiger partial charge on any atom is -0.478 e. The summed E-state index contributed by atoms with van der Waals surface area (Å²) in [4.78, 5) is 10.4. The third kappa shape index (κ3) is 3.91. The van der Waals surface area contributed by atoms with Gasteiger partial charge in [-0.15, -0.1) is 0 Å². The lowest BCUT2D eigenvalue weighted by atomic mass is 10.1. The molecule has 0 heterocycles. The van der Waals surface area contributed by atoms with Crippen LogP contribution >= 0.6 is 11.6 Å². The Morgan fingerprint density at radius 2 is 2.10 bits per heavy atom. The summed E-state index contributed by atoms with van der Waals surface area (Å²) in [6, 6.07) is 1.54. The van der Waals surface area contributed by atoms with Gasteiger partial charge in [0, 0.05) is 6.54 Å². The van der Waals surface area contributed by atoms with Crippen molar-refractivity contribution in [3.05, 3.63) is 28.5 Å². The van der Waals surface area contributed by atoms with Gasteiger partial charge in [0.25, 0.3) is 0 Å². The third-order valence-electron chi connectivity index (χ3n) is 2.86. The number of sulfonamides is 1. The lowest BCUT2D eigenvalue weighted by Gasteiger charge is -2.12. The zero-order chi connectivity index (χ0) is 15.5. The summed E-state index contributed by atoms with van der Waals surface area (Å²) in [7, 11) is -3.97. The fraction of sp³-hybridized carbons (Fsp3) is 0.417. The Bertz CT molecular complexity index is 618. The van der Waals surface area contributed by atoms with E-state index in [-0.39, 0.29) is 12.5 Å². The number of nitrogens with one attached hydrogen (secondary N) is 1. The van der Waals surface area contributed by atoms with E-state index < -0.39 is 37.3 Å². The van der Waals surface area contributed by atoms with E-state index in [0.29, 0.717) is 6.07 Å². The van der Waals surface area contributed by atoms with Crippen molar-refractivity contribution in [1.82, 2.24) is 4.72 Å². The first-order valence-electron chi connectivity index (χ1n) is 5.91. The van der Waals surface area contributed by atoms with E-state index in [9.17, 15) is 17.6 Å². The molecule has 0 radical (unpaired) electrons. The Kier molecular flexibility index (Phi) is 5.50. The van der Waals surface area contributed by atoms with Gasteiger partial charge in [0.1, 0.15) is 5.82 Å². The van der Waals surface area contributed by atoms with Crippen LogP contribution in [0.15, 0.2) is 17.0 Å². The first kappa shape index (κ1) is 16.9. The molecule has 0 aliphatic carbocycles. The number of carboxylic acid groups (broad SMARTS) is 1. The monoisotopic (exact) mass is 323 g/mol. The highest BCUT2D eigenvalue weighted by Gasteiger charge is 2.22. The Balaban J connectivity index is 3.16. The zero-order valence-electron chi connectivity index (χ0n) is 11.0. The van der Waals surface area contributed by atoms with Crippen LogP contribution in [0.4, 0.5) is 4.39 Å². The van der Waals surface area contributed by atoms with Crippen LogP contribution in [-0.2, 0) is 10.0 Å². The van der Waals surface area contributed by atoms with Crippen LogP contribution in [0.5, 0.6) is 0 Å². The van der Waals surface area contributed by atoms with Crippen LogP contribution in [0.1, 0.15) is 30.6 Å². The maximum atomic E-state index is 13.5. The highest BCUT2D eigenvalue weighted by Crippen LogP contribution is 2.24. The van der Waals surface area contributed by atoms with Gasteiger partial charge in [-0.1, -0.05) is 31.9 Å². The van der Waals surface area contributed by atoms with Crippen LogP contribution in [-0.4, -0.2) is 26.0 Å². The molecule has 1 atom stereocenters. The van der Waals surface area contributed by atoms with Gasteiger partial charge in [-0.05, 0) is 18.1 Å². The van der Waals surface area contributed by atoms with Crippen molar-refractivity contribution in [3.63, 3.8) is 0 Å². The summed E-state index contributed by atoms with van der Waals surface area (Å²) in [5.41, 5.74) is -0.587. The van der Waals surface area contributed by atoms with Crippen molar-refractivity contribution >= 4 is 27.6 Å². The first-order chi connectivity index (χ1) is 9.19. The molecule has 112 valence electrons. The van der Waals surface area contributed by atoms with E-state index in [1.807, 2.05) is 13.8 Å². The molecule has 5 nitrogen and oxygen atoms in total. The van der Waals surface area contributed by atoms with E-state index >= 15 is 0 Å². The lowest BCUT2D eigenvalue weighted by Crippen LogP contribution is -2.28. The third-order valence-corrected chi connectivity index (χ3v) is 4.65. The summed E-state index contributed by atoms with van der Waals surface area (Å²) in [6.07, 6.45) is 0.776. The molecule has 20 heavy (non-hydrogen) atoms. The van der Waals surface area contributed by atoms with Crippen molar-refractivity contribution in [2.45, 2.75) is 25.2 Å². The minimum absolute atomic E-state index is 0.112. The molecule has 0 saturated heterocycles. The van der Waals surface area contributed by atoms with Gasteiger partial charge in [-0.2, -0.15) is 0 Å². The molecular formula is C12H15ClFNO4S. The number of hydrogen-bond donors (Lipinski definition) is 2. The van der Waals surface area contributed by atoms with Crippen molar-refractivity contribution in [3.8, 4) is 0 Å². The van der Waals surface area contributed by atoms with E-state index in [1.54, 1.807) is 0 Å². The van der Waals surface area contributed by atoms with Crippen molar-refractivity contribution < 1.29 is 22.7 Å². The van der Waals surface area contributed by atoms with Crippen LogP contribution in [0.3, 0.4) is 0 Å². The van der Waals surface area contributed by atoms with Gasteiger partial charge < -0.3 is 5.11 Å². The highest BCUT2D eigenvalue weighted by molar-refractivity contribution is 7.89. The number of hydrogen-bond acceptors (Lipinski definition) is 3. The molecule has 8 heteroatoms. The predicted octanol–water partition coefficient (Wildman–Crippen LogP) is 2.50. The molecule has 0 aliphatic heterocycles. The summed E-state index contributed by atoms with van der Waals surface area (Å²) >= 11 is 5.49. The molecule has 0 bridgehead atoms. The largest absolute Gasteiger partial charge is 0.478 e. The standard InChI is InChI=1S/C12H15ClFNO4S/c1-3-7(2)6-15-20(18,19)8-4-9(12(16)17)11(13)10(14)5-8/h4-5,7,15H,3,6H2,1-2H3,(H,16,17). The van der Waals surface area contributed by atoms with Crippen LogP contribution in [0, 0.1) is 11.7 Å². The average Bonchev–Trinajstić information content (AvgIpc) is 2.38. The van der Waals surface area contributed by atoms with Crippen LogP contribution in [0.25, 0.3) is 0 Å². The number of benzene rings is 1. The van der Waals surface area contributed by atoms with Gasteiger partial charge in [-0.25, -0.2) is 22.3 Å². The van der Waals surface area contributed by atoms with Crippen molar-refractivity contribution in [1.29, 1.82) is 0 Å². The van der Waals surface area contributed by atoms with Crippen LogP contribution in [0.2, 0.25) is 5.02 Å². The second-order valence-corrected chi connectivity index (χ2v) is 6.58. The fourth-order valence-electron chi connectivity index (χ4n) is 1.35. The molecule has 1 unspecified atom stereocenters. The maximum Gasteiger partial charge on any atom is 0.337 e. The number of halogens is 2. The molecule has 0 fully saturated rings. The van der Waals surface area contributed by atoms with E-state index in [4.69, 9.17) is 16.7 Å². The molecule has 0 aliphatic rings. The molecule has 1 rings (SSSR count). The number of rotatable bonds is 6. The second kappa shape index (κ2) is 6.51. The SMILES string of the molecule is CCC(C)CNS(=O)(=O)c1cc(F)c(Cl)c(C(=O)O)c1. The quantitative estimate of drug-likeness (QED) is 0.842. The smallest absolute Gasteiger partial charge is 0.337 e. The molecule has 1 aromatic carbocycles. The van der Waals surface area contributed by atoms with E-state index in [2.05, 4.69) is 4.72 Å². The molecular weight excluding hydrogens is 309 g/mol. The van der Waals surface area contributed by atoms with Crippen LogP contribution < -0.4 is 4.72 Å². The van der Waals surface area contributed by atoms with Gasteiger partial charge in [0.15, 0.2) is 0 Å². The first-order valence-corrected chi connectivity index (χ1v) is 7.77. The molecule has 0 saturated carbocycles. The molecule has 0 spiro atoms. The van der Waals surface area contributed by atoms with Gasteiger partial charge in [0.2, 0.25) is 10.0 Å². The topological polar surface area (TPSA) is 83.5 Å². The number of carbonyl (C=O) groups is 1. The highest BCUT2D eigenvalue weighted by atomic mass is 35.5. The summed E-state index contributed by atoms with van der Waals surface area (Å²) in [5.74, 6) is -2.47. The Labute approximate surface area is 121 Å². The molecule has 1 aromatic rings. The van der Waals surface area contributed by atoms with Crippen molar-refractivity contribution in [2.75, 3.05) is 6.54 Å². The molecule has 0 aromatic heterocycles. The summed E-state index contributed by atoms with van der Waals surface area (Å²) < 4.78 is 39.8. The maximum absolute atomic E-state index is 13.5. The van der Waals surface area contributed by atoms with Gasteiger partial charge >= 0.3 is 5.97 Å². The Hall–Kier alpha value is -1.18. The Morgan fingerprint density at radius 1 is 1.50 bits per heavy atom. The number of carboxylic acids is 1.